The van der Waals surface area contributed by atoms with Gasteiger partial charge >= 0.3 is 6.01 Å². The molecule has 112 valence electrons. The molecular weight excluding hydrogens is 304 g/mol. The quantitative estimate of drug-likeness (QED) is 0.812. The maximum atomic E-state index is 11.6. The highest BCUT2D eigenvalue weighted by atomic mass is 35.5. The zero-order valence-corrected chi connectivity index (χ0v) is 13.1. The van der Waals surface area contributed by atoms with Gasteiger partial charge in [0.25, 0.3) is 0 Å². The molecule has 0 aliphatic carbocycles. The van der Waals surface area contributed by atoms with Gasteiger partial charge in [0.15, 0.2) is 5.82 Å². The van der Waals surface area contributed by atoms with E-state index in [4.69, 9.17) is 16.3 Å². The number of nitrogens with zero attached hydrogens (tertiary/aromatic N) is 4. The second-order valence-electron chi connectivity index (χ2n) is 4.70. The fourth-order valence-corrected chi connectivity index (χ4v) is 3.63. The smallest absolute Gasteiger partial charge is 0.318 e. The van der Waals surface area contributed by atoms with E-state index in [1.54, 1.807) is 0 Å². The third-order valence-electron chi connectivity index (χ3n) is 3.18. The normalized spacial score (nSPS) is 21.0. The molecule has 1 aliphatic heterocycles. The topological polar surface area (TPSA) is 75.6 Å². The summed E-state index contributed by atoms with van der Waals surface area (Å²) in [7, 11) is -1.70. The second kappa shape index (κ2) is 5.71. The van der Waals surface area contributed by atoms with Gasteiger partial charge in [-0.3, -0.25) is 0 Å². The molecule has 1 aromatic heterocycles. The van der Waals surface area contributed by atoms with E-state index in [1.807, 2.05) is 11.8 Å². The molecule has 1 atom stereocenters. The molecule has 0 spiro atoms. The SMILES string of the molecule is COc1ncc(Cl)c(N2CCN(S(C)(=O)=O)[C@@H](C)C2)n1. The number of sulfonamides is 1. The van der Waals surface area contributed by atoms with Crippen LogP contribution in [0.2, 0.25) is 5.02 Å². The van der Waals surface area contributed by atoms with E-state index in [-0.39, 0.29) is 12.1 Å². The third-order valence-corrected chi connectivity index (χ3v) is 4.84. The fourth-order valence-electron chi connectivity index (χ4n) is 2.29. The summed E-state index contributed by atoms with van der Waals surface area (Å²) in [4.78, 5) is 10.1. The van der Waals surface area contributed by atoms with Crippen LogP contribution in [0.4, 0.5) is 5.82 Å². The highest BCUT2D eigenvalue weighted by Crippen LogP contribution is 2.27. The molecule has 20 heavy (non-hydrogen) atoms. The van der Waals surface area contributed by atoms with Crippen LogP contribution in [-0.4, -0.2) is 61.7 Å². The first-order chi connectivity index (χ1) is 9.32. The van der Waals surface area contributed by atoms with Gasteiger partial charge in [-0.1, -0.05) is 11.6 Å². The number of halogens is 1. The summed E-state index contributed by atoms with van der Waals surface area (Å²) >= 11 is 6.11. The standard InChI is InChI=1S/C11H17ClN4O3S/c1-8-7-15(4-5-16(8)20(3,17)18)10-9(12)6-13-11(14-10)19-2/h6,8H,4-5,7H2,1-3H3/t8-/m0/s1. The Balaban J connectivity index is 2.21. The Bertz CT molecular complexity index is 595. The molecule has 9 heteroatoms. The number of rotatable bonds is 3. The summed E-state index contributed by atoms with van der Waals surface area (Å²) in [5.41, 5.74) is 0. The van der Waals surface area contributed by atoms with Gasteiger partial charge in [-0.05, 0) is 6.92 Å². The Morgan fingerprint density at radius 1 is 1.45 bits per heavy atom. The van der Waals surface area contributed by atoms with Crippen molar-refractivity contribution in [3.05, 3.63) is 11.2 Å². The maximum absolute atomic E-state index is 11.6. The number of hydrogen-bond acceptors (Lipinski definition) is 6. The highest BCUT2D eigenvalue weighted by molar-refractivity contribution is 7.88. The van der Waals surface area contributed by atoms with Gasteiger partial charge in [0.1, 0.15) is 5.02 Å². The van der Waals surface area contributed by atoms with Crippen LogP contribution >= 0.6 is 11.6 Å². The average Bonchev–Trinajstić information content (AvgIpc) is 2.37. The van der Waals surface area contributed by atoms with Gasteiger partial charge in [-0.2, -0.15) is 9.29 Å². The molecule has 0 amide bonds. The molecule has 0 N–H and O–H groups in total. The Hall–Kier alpha value is -1.12. The van der Waals surface area contributed by atoms with Gasteiger partial charge in [0.05, 0.1) is 19.6 Å². The number of ether oxygens (including phenoxy) is 1. The molecule has 0 aromatic carbocycles. The van der Waals surface area contributed by atoms with Gasteiger partial charge in [0.2, 0.25) is 10.0 Å². The summed E-state index contributed by atoms with van der Waals surface area (Å²) in [6.45, 7) is 3.31. The largest absolute Gasteiger partial charge is 0.467 e. The minimum absolute atomic E-state index is 0.143. The monoisotopic (exact) mass is 320 g/mol. The van der Waals surface area contributed by atoms with Gasteiger partial charge < -0.3 is 9.64 Å². The molecule has 0 saturated carbocycles. The first-order valence-electron chi connectivity index (χ1n) is 6.11. The van der Waals surface area contributed by atoms with E-state index in [0.29, 0.717) is 30.5 Å². The van der Waals surface area contributed by atoms with Crippen molar-refractivity contribution in [2.75, 3.05) is 37.9 Å². The van der Waals surface area contributed by atoms with Crippen LogP contribution in [-0.2, 0) is 10.0 Å². The minimum atomic E-state index is -3.19. The predicted octanol–water partition coefficient (Wildman–Crippen LogP) is 0.609. The Labute approximate surface area is 123 Å². The van der Waals surface area contributed by atoms with Crippen molar-refractivity contribution < 1.29 is 13.2 Å². The zero-order valence-electron chi connectivity index (χ0n) is 11.6. The summed E-state index contributed by atoms with van der Waals surface area (Å²) in [5.74, 6) is 0.568. The Morgan fingerprint density at radius 3 is 2.70 bits per heavy atom. The lowest BCUT2D eigenvalue weighted by Gasteiger charge is -2.39. The van der Waals surface area contributed by atoms with Gasteiger partial charge in [-0.25, -0.2) is 13.4 Å². The number of methoxy groups -OCH3 is 1. The van der Waals surface area contributed by atoms with Crippen LogP contribution in [0.1, 0.15) is 6.92 Å². The van der Waals surface area contributed by atoms with Crippen molar-refractivity contribution in [2.45, 2.75) is 13.0 Å². The third kappa shape index (κ3) is 3.13. The first kappa shape index (κ1) is 15.3. The highest BCUT2D eigenvalue weighted by Gasteiger charge is 2.31. The van der Waals surface area contributed by atoms with E-state index in [1.165, 1.54) is 23.9 Å². The van der Waals surface area contributed by atoms with Crippen LogP contribution in [0.15, 0.2) is 6.20 Å². The molecule has 1 saturated heterocycles. The van der Waals surface area contributed by atoms with E-state index >= 15 is 0 Å². The fraction of sp³-hybridized carbons (Fsp3) is 0.636. The lowest BCUT2D eigenvalue weighted by Crippen LogP contribution is -2.54. The molecule has 0 radical (unpaired) electrons. The summed E-state index contributed by atoms with van der Waals surface area (Å²) in [6.07, 6.45) is 2.70. The van der Waals surface area contributed by atoms with Crippen molar-refractivity contribution >= 4 is 27.4 Å². The summed E-state index contributed by atoms with van der Waals surface area (Å²) in [5, 5.41) is 0.422. The van der Waals surface area contributed by atoms with Gasteiger partial charge in [0, 0.05) is 25.7 Å². The minimum Gasteiger partial charge on any atom is -0.467 e. The second-order valence-corrected chi connectivity index (χ2v) is 7.04. The average molecular weight is 321 g/mol. The lowest BCUT2D eigenvalue weighted by atomic mass is 10.2. The Kier molecular flexibility index (Phi) is 4.36. The maximum Gasteiger partial charge on any atom is 0.318 e. The van der Waals surface area contributed by atoms with Gasteiger partial charge in [-0.15, -0.1) is 0 Å². The molecule has 2 heterocycles. The number of aromatic nitrogens is 2. The van der Waals surface area contributed by atoms with Crippen LogP contribution in [0, 0.1) is 0 Å². The van der Waals surface area contributed by atoms with Crippen LogP contribution in [0.25, 0.3) is 0 Å². The number of piperazine rings is 1. The number of hydrogen-bond donors (Lipinski definition) is 0. The molecule has 1 aliphatic rings. The molecule has 1 aromatic rings. The van der Waals surface area contributed by atoms with Crippen LogP contribution < -0.4 is 9.64 Å². The van der Waals surface area contributed by atoms with Crippen molar-refractivity contribution in [2.24, 2.45) is 0 Å². The lowest BCUT2D eigenvalue weighted by molar-refractivity contribution is 0.307. The van der Waals surface area contributed by atoms with Crippen LogP contribution in [0.3, 0.4) is 0 Å². The predicted molar refractivity (Wildman–Crippen MR) is 76.8 cm³/mol. The molecule has 0 bridgehead atoms. The van der Waals surface area contributed by atoms with Crippen molar-refractivity contribution in [3.63, 3.8) is 0 Å². The van der Waals surface area contributed by atoms with Crippen molar-refractivity contribution in [1.82, 2.24) is 14.3 Å². The van der Waals surface area contributed by atoms with E-state index in [2.05, 4.69) is 9.97 Å². The zero-order chi connectivity index (χ0) is 14.9. The molecule has 1 fully saturated rings. The molecular formula is C11H17ClN4O3S. The number of anilines is 1. The molecule has 7 nitrogen and oxygen atoms in total. The van der Waals surface area contributed by atoms with Crippen molar-refractivity contribution in [3.8, 4) is 6.01 Å². The summed E-state index contributed by atoms with van der Waals surface area (Å²) in [6, 6.07) is 0.0957. The van der Waals surface area contributed by atoms with Crippen molar-refractivity contribution in [1.29, 1.82) is 0 Å². The summed E-state index contributed by atoms with van der Waals surface area (Å²) < 4.78 is 29.8. The molecule has 2 rings (SSSR count). The van der Waals surface area contributed by atoms with Crippen LogP contribution in [0.5, 0.6) is 6.01 Å². The van der Waals surface area contributed by atoms with E-state index in [9.17, 15) is 8.42 Å². The first-order valence-corrected chi connectivity index (χ1v) is 8.34. The van der Waals surface area contributed by atoms with E-state index < -0.39 is 10.0 Å². The molecule has 0 unspecified atom stereocenters. The Morgan fingerprint density at radius 2 is 2.15 bits per heavy atom. The van der Waals surface area contributed by atoms with E-state index in [0.717, 1.165) is 0 Å².